The number of amides is 1. The maximum atomic E-state index is 13.7. The molecule has 1 atom stereocenters. The smallest absolute Gasteiger partial charge is 0.406 e. The van der Waals surface area contributed by atoms with Crippen molar-refractivity contribution in [2.24, 2.45) is 5.41 Å². The molecule has 2 fully saturated rings. The van der Waals surface area contributed by atoms with Crippen LogP contribution in [0.4, 0.5) is 17.6 Å². The van der Waals surface area contributed by atoms with Crippen molar-refractivity contribution in [1.29, 1.82) is 0 Å². The Morgan fingerprint density at radius 3 is 2.50 bits per heavy atom. The molecule has 1 aromatic carbocycles. The monoisotopic (exact) mass is 396 g/mol. The number of carbonyl (C=O) groups excluding carboxylic acids is 1. The van der Waals surface area contributed by atoms with Gasteiger partial charge >= 0.3 is 12.1 Å². The maximum Gasteiger partial charge on any atom is 0.406 e. The Hall–Kier alpha value is -2.71. The molecule has 1 aromatic heterocycles. The van der Waals surface area contributed by atoms with Crippen molar-refractivity contribution in [3.05, 3.63) is 41.3 Å². The Bertz CT molecular complexity index is 987. The minimum absolute atomic E-state index is 0.0507. The Morgan fingerprint density at radius 1 is 1.21 bits per heavy atom. The van der Waals surface area contributed by atoms with Crippen molar-refractivity contribution >= 4 is 22.8 Å². The molecule has 28 heavy (non-hydrogen) atoms. The Morgan fingerprint density at radius 2 is 1.93 bits per heavy atom. The third-order valence-corrected chi connectivity index (χ3v) is 5.53. The first-order valence-electron chi connectivity index (χ1n) is 8.82. The number of aliphatic carboxylic acids is 1. The van der Waals surface area contributed by atoms with E-state index in [1.165, 1.54) is 18.2 Å². The number of hydrogen-bond donors (Lipinski definition) is 1. The standard InChI is InChI=1S/C19H16F4N2O3/c20-11-3-4-14-12(7-11)13(8-15(24-14)10-1-2-10)16(26)25-6-5-18(9-25,17(27)28)19(21,22)23/h3-4,7-8,10H,1-2,5-6,9H2,(H,27,28). The number of fused-ring (bicyclic) bond motifs is 1. The number of alkyl halides is 3. The van der Waals surface area contributed by atoms with Gasteiger partial charge in [-0.25, -0.2) is 4.39 Å². The van der Waals surface area contributed by atoms with Gasteiger partial charge in [0, 0.05) is 30.1 Å². The topological polar surface area (TPSA) is 70.5 Å². The number of carboxylic acids is 1. The fourth-order valence-electron chi connectivity index (χ4n) is 3.66. The van der Waals surface area contributed by atoms with Crippen LogP contribution in [0.3, 0.4) is 0 Å². The summed E-state index contributed by atoms with van der Waals surface area (Å²) in [5.41, 5.74) is -1.92. The molecule has 4 rings (SSSR count). The quantitative estimate of drug-likeness (QED) is 0.803. The molecule has 1 saturated carbocycles. The van der Waals surface area contributed by atoms with Crippen LogP contribution in [0.5, 0.6) is 0 Å². The number of aromatic nitrogens is 1. The van der Waals surface area contributed by atoms with Gasteiger partial charge < -0.3 is 10.0 Å². The maximum absolute atomic E-state index is 13.7. The van der Waals surface area contributed by atoms with E-state index < -0.39 is 42.3 Å². The number of nitrogens with zero attached hydrogens (tertiary/aromatic N) is 2. The average molecular weight is 396 g/mol. The van der Waals surface area contributed by atoms with Crippen LogP contribution in [0.1, 0.15) is 41.2 Å². The lowest BCUT2D eigenvalue weighted by Gasteiger charge is -2.27. The molecule has 2 heterocycles. The zero-order valence-electron chi connectivity index (χ0n) is 14.6. The molecule has 1 aliphatic heterocycles. The first kappa shape index (κ1) is 18.6. The highest BCUT2D eigenvalue weighted by Gasteiger charge is 2.64. The van der Waals surface area contributed by atoms with Gasteiger partial charge in [0.25, 0.3) is 5.91 Å². The molecule has 148 valence electrons. The van der Waals surface area contributed by atoms with Gasteiger partial charge in [-0.15, -0.1) is 0 Å². The van der Waals surface area contributed by atoms with Crippen molar-refractivity contribution in [3.8, 4) is 0 Å². The molecule has 2 aromatic rings. The number of carboxylic acid groups (broad SMARTS) is 1. The highest BCUT2D eigenvalue weighted by molar-refractivity contribution is 6.06. The molecule has 1 unspecified atom stereocenters. The minimum Gasteiger partial charge on any atom is -0.481 e. The number of benzene rings is 1. The summed E-state index contributed by atoms with van der Waals surface area (Å²) in [6, 6.07) is 5.25. The summed E-state index contributed by atoms with van der Waals surface area (Å²) < 4.78 is 54.0. The van der Waals surface area contributed by atoms with Gasteiger partial charge in [-0.1, -0.05) is 0 Å². The summed E-state index contributed by atoms with van der Waals surface area (Å²) >= 11 is 0. The number of pyridine rings is 1. The van der Waals surface area contributed by atoms with Crippen LogP contribution in [0.2, 0.25) is 0 Å². The number of halogens is 4. The lowest BCUT2D eigenvalue weighted by atomic mass is 9.86. The first-order chi connectivity index (χ1) is 13.1. The molecular weight excluding hydrogens is 380 g/mol. The van der Waals surface area contributed by atoms with Crippen molar-refractivity contribution in [2.45, 2.75) is 31.4 Å². The second kappa shape index (κ2) is 6.15. The summed E-state index contributed by atoms with van der Waals surface area (Å²) in [7, 11) is 0. The van der Waals surface area contributed by atoms with E-state index in [0.717, 1.165) is 23.8 Å². The van der Waals surface area contributed by atoms with Crippen molar-refractivity contribution < 1.29 is 32.3 Å². The summed E-state index contributed by atoms with van der Waals surface area (Å²) in [6.07, 6.45) is -3.91. The molecule has 0 bridgehead atoms. The van der Waals surface area contributed by atoms with E-state index in [0.29, 0.717) is 11.2 Å². The molecule has 0 radical (unpaired) electrons. The summed E-state index contributed by atoms with van der Waals surface area (Å²) in [5.74, 6) is -3.17. The predicted octanol–water partition coefficient (Wildman–Crippen LogP) is 3.73. The lowest BCUT2D eigenvalue weighted by molar-refractivity contribution is -0.227. The third kappa shape index (κ3) is 2.89. The van der Waals surface area contributed by atoms with E-state index >= 15 is 0 Å². The van der Waals surface area contributed by atoms with E-state index in [9.17, 15) is 32.3 Å². The highest BCUT2D eigenvalue weighted by Crippen LogP contribution is 2.46. The van der Waals surface area contributed by atoms with Gasteiger partial charge in [0.1, 0.15) is 5.82 Å². The summed E-state index contributed by atoms with van der Waals surface area (Å²) in [4.78, 5) is 29.7. The van der Waals surface area contributed by atoms with Crippen molar-refractivity contribution in [2.75, 3.05) is 13.1 Å². The van der Waals surface area contributed by atoms with Gasteiger partial charge in [0.15, 0.2) is 5.41 Å². The Labute approximate surface area is 157 Å². The van der Waals surface area contributed by atoms with E-state index in [-0.39, 0.29) is 23.4 Å². The van der Waals surface area contributed by atoms with Crippen LogP contribution in [0.25, 0.3) is 10.9 Å². The molecule has 0 spiro atoms. The van der Waals surface area contributed by atoms with E-state index in [4.69, 9.17) is 0 Å². The molecule has 9 heteroatoms. The number of rotatable bonds is 3. The van der Waals surface area contributed by atoms with Gasteiger partial charge in [0.2, 0.25) is 0 Å². The van der Waals surface area contributed by atoms with Crippen LogP contribution in [-0.4, -0.2) is 46.1 Å². The summed E-state index contributed by atoms with van der Waals surface area (Å²) in [6.45, 7) is -1.31. The largest absolute Gasteiger partial charge is 0.481 e. The molecule has 2 aliphatic rings. The van der Waals surface area contributed by atoms with Crippen LogP contribution in [0.15, 0.2) is 24.3 Å². The highest BCUT2D eigenvalue weighted by atomic mass is 19.4. The van der Waals surface area contributed by atoms with E-state index in [2.05, 4.69) is 4.98 Å². The van der Waals surface area contributed by atoms with Crippen LogP contribution >= 0.6 is 0 Å². The molecule has 1 saturated heterocycles. The fourth-order valence-corrected chi connectivity index (χ4v) is 3.66. The van der Waals surface area contributed by atoms with E-state index in [1.54, 1.807) is 0 Å². The molecule has 1 aliphatic carbocycles. The zero-order valence-corrected chi connectivity index (χ0v) is 14.6. The predicted molar refractivity (Wildman–Crippen MR) is 90.3 cm³/mol. The Kier molecular flexibility index (Phi) is 4.09. The van der Waals surface area contributed by atoms with Crippen LogP contribution in [-0.2, 0) is 4.79 Å². The fraction of sp³-hybridized carbons (Fsp3) is 0.421. The van der Waals surface area contributed by atoms with E-state index in [1.807, 2.05) is 0 Å². The van der Waals surface area contributed by atoms with Crippen LogP contribution < -0.4 is 0 Å². The number of likely N-dealkylation sites (tertiary alicyclic amines) is 1. The van der Waals surface area contributed by atoms with Gasteiger partial charge in [-0.2, -0.15) is 13.2 Å². The normalized spacial score (nSPS) is 22.6. The summed E-state index contributed by atoms with van der Waals surface area (Å²) in [5, 5.41) is 9.39. The Balaban J connectivity index is 1.75. The number of hydrogen-bond acceptors (Lipinski definition) is 3. The molecule has 1 amide bonds. The van der Waals surface area contributed by atoms with Gasteiger partial charge in [-0.3, -0.25) is 14.6 Å². The first-order valence-corrected chi connectivity index (χ1v) is 8.82. The minimum atomic E-state index is -4.99. The number of carbonyl (C=O) groups is 2. The molecule has 1 N–H and O–H groups in total. The third-order valence-electron chi connectivity index (χ3n) is 5.53. The molecule has 5 nitrogen and oxygen atoms in total. The van der Waals surface area contributed by atoms with Gasteiger partial charge in [-0.05, 0) is 43.5 Å². The lowest BCUT2D eigenvalue weighted by Crippen LogP contribution is -2.47. The van der Waals surface area contributed by atoms with Crippen molar-refractivity contribution in [1.82, 2.24) is 9.88 Å². The second-order valence-electron chi connectivity index (χ2n) is 7.39. The van der Waals surface area contributed by atoms with Crippen LogP contribution in [0, 0.1) is 11.2 Å². The van der Waals surface area contributed by atoms with Gasteiger partial charge in [0.05, 0.1) is 11.1 Å². The molecular formula is C19H16F4N2O3. The average Bonchev–Trinajstić information content (AvgIpc) is 3.36. The SMILES string of the molecule is O=C(c1cc(C2CC2)nc2ccc(F)cc12)N1CCC(C(=O)O)(C(F)(F)F)C1. The van der Waals surface area contributed by atoms with Crippen molar-refractivity contribution in [3.63, 3.8) is 0 Å². The second-order valence-corrected chi connectivity index (χ2v) is 7.39. The zero-order chi connectivity index (χ0) is 20.3.